The number of amides is 2. The molecule has 8 nitrogen and oxygen atoms in total. The van der Waals surface area contributed by atoms with Crippen molar-refractivity contribution in [2.75, 3.05) is 0 Å². The highest BCUT2D eigenvalue weighted by Gasteiger charge is 2.49. The van der Waals surface area contributed by atoms with Crippen molar-refractivity contribution < 1.29 is 29.4 Å². The van der Waals surface area contributed by atoms with E-state index in [2.05, 4.69) is 5.32 Å². The van der Waals surface area contributed by atoms with Crippen LogP contribution in [0.2, 0.25) is 0 Å². The van der Waals surface area contributed by atoms with Gasteiger partial charge < -0.3 is 20.4 Å². The van der Waals surface area contributed by atoms with Crippen LogP contribution in [0.5, 0.6) is 0 Å². The van der Waals surface area contributed by atoms with E-state index in [1.165, 1.54) is 4.90 Å². The molecular formula is C27H28N2O6. The number of hydrogen-bond acceptors (Lipinski definition) is 4. The fourth-order valence-electron chi connectivity index (χ4n) is 6.16. The number of nitrogens with one attached hydrogen (secondary N) is 1. The van der Waals surface area contributed by atoms with Crippen molar-refractivity contribution in [3.05, 3.63) is 70.8 Å². The van der Waals surface area contributed by atoms with Crippen molar-refractivity contribution in [1.82, 2.24) is 10.2 Å². The second-order valence-electron chi connectivity index (χ2n) is 9.95. The number of carboxylic acid groups (broad SMARTS) is 2. The lowest BCUT2D eigenvalue weighted by Crippen LogP contribution is -2.57. The van der Waals surface area contributed by atoms with Crippen molar-refractivity contribution >= 4 is 23.8 Å². The second-order valence-corrected chi connectivity index (χ2v) is 9.95. The molecule has 0 aromatic heterocycles. The molecule has 2 aromatic rings. The maximum Gasteiger partial charge on any atom is 0.326 e. The summed E-state index contributed by atoms with van der Waals surface area (Å²) in [4.78, 5) is 52.8. The highest BCUT2D eigenvalue weighted by molar-refractivity contribution is 5.95. The normalized spacial score (nSPS) is 24.5. The first-order valence-electron chi connectivity index (χ1n) is 12.0. The van der Waals surface area contributed by atoms with Crippen molar-refractivity contribution in [3.63, 3.8) is 0 Å². The summed E-state index contributed by atoms with van der Waals surface area (Å²) < 4.78 is 0. The van der Waals surface area contributed by atoms with E-state index in [-0.39, 0.29) is 31.7 Å². The smallest absolute Gasteiger partial charge is 0.326 e. The molecule has 0 saturated carbocycles. The number of piperidine rings is 1. The highest BCUT2D eigenvalue weighted by atomic mass is 16.4. The number of carbonyl (C=O) groups is 4. The molecule has 0 radical (unpaired) electrons. The summed E-state index contributed by atoms with van der Waals surface area (Å²) in [7, 11) is 0. The minimum atomic E-state index is -1.20. The SMILES string of the molecule is O=C(O)CC1(C(=O)NC2Cc3ccccc3[C@H]3CCCC(C(=O)O)N3C2=O)Cc2ccccc2C1. The van der Waals surface area contributed by atoms with E-state index < -0.39 is 41.3 Å². The van der Waals surface area contributed by atoms with Crippen LogP contribution in [0.15, 0.2) is 48.5 Å². The van der Waals surface area contributed by atoms with Gasteiger partial charge in [-0.15, -0.1) is 0 Å². The first kappa shape index (κ1) is 23.1. The third-order valence-corrected chi connectivity index (χ3v) is 7.76. The Balaban J connectivity index is 1.49. The van der Waals surface area contributed by atoms with Crippen LogP contribution in [0.1, 0.15) is 54.0 Å². The van der Waals surface area contributed by atoms with Crippen LogP contribution in [0.4, 0.5) is 0 Å². The van der Waals surface area contributed by atoms with Crippen LogP contribution in [-0.4, -0.2) is 50.9 Å². The van der Waals surface area contributed by atoms with Gasteiger partial charge in [-0.05, 0) is 54.4 Å². The largest absolute Gasteiger partial charge is 0.481 e. The van der Waals surface area contributed by atoms with Crippen LogP contribution >= 0.6 is 0 Å². The number of nitrogens with zero attached hydrogens (tertiary/aromatic N) is 1. The Bertz CT molecular complexity index is 1180. The van der Waals surface area contributed by atoms with Gasteiger partial charge in [0, 0.05) is 6.42 Å². The Morgan fingerprint density at radius 1 is 0.943 bits per heavy atom. The van der Waals surface area contributed by atoms with Gasteiger partial charge >= 0.3 is 11.9 Å². The molecule has 5 rings (SSSR count). The molecule has 2 aliphatic heterocycles. The van der Waals surface area contributed by atoms with Crippen LogP contribution < -0.4 is 5.32 Å². The summed E-state index contributed by atoms with van der Waals surface area (Å²) >= 11 is 0. The molecule has 0 spiro atoms. The summed E-state index contributed by atoms with van der Waals surface area (Å²) in [5.41, 5.74) is 2.48. The number of carbonyl (C=O) groups excluding carboxylic acids is 2. The summed E-state index contributed by atoms with van der Waals surface area (Å²) in [5, 5.41) is 22.4. The monoisotopic (exact) mass is 476 g/mol. The van der Waals surface area contributed by atoms with E-state index >= 15 is 0 Å². The van der Waals surface area contributed by atoms with Gasteiger partial charge in [0.2, 0.25) is 11.8 Å². The molecule has 8 heteroatoms. The average molecular weight is 477 g/mol. The van der Waals surface area contributed by atoms with Crippen molar-refractivity contribution in [2.24, 2.45) is 5.41 Å². The van der Waals surface area contributed by atoms with Crippen molar-refractivity contribution in [2.45, 2.75) is 63.1 Å². The quantitative estimate of drug-likeness (QED) is 0.609. The van der Waals surface area contributed by atoms with E-state index in [9.17, 15) is 29.4 Å². The fourth-order valence-corrected chi connectivity index (χ4v) is 6.16. The van der Waals surface area contributed by atoms with Gasteiger partial charge in [0.05, 0.1) is 17.9 Å². The molecule has 182 valence electrons. The van der Waals surface area contributed by atoms with E-state index in [4.69, 9.17) is 0 Å². The van der Waals surface area contributed by atoms with Crippen LogP contribution in [-0.2, 0) is 38.4 Å². The predicted octanol–water partition coefficient (Wildman–Crippen LogP) is 2.49. The molecule has 35 heavy (non-hydrogen) atoms. The third kappa shape index (κ3) is 4.07. The Labute approximate surface area is 202 Å². The Hall–Kier alpha value is -3.68. The lowest BCUT2D eigenvalue weighted by Gasteiger charge is -2.41. The number of aliphatic carboxylic acids is 2. The number of carboxylic acids is 2. The standard InChI is InChI=1S/C27H28N2O6/c30-23(31)15-27(13-17-7-1-2-8-18(17)14-27)26(35)28-20-12-16-6-3-4-9-19(16)21-10-5-11-22(25(33)34)29(21)24(20)32/h1-4,6-9,20-22H,5,10-15H2,(H,28,35)(H,30,31)(H,33,34)/t20?,21-,22?/m1/s1. The minimum absolute atomic E-state index is 0.232. The van der Waals surface area contributed by atoms with Gasteiger partial charge in [0.25, 0.3) is 0 Å². The molecule has 3 aliphatic rings. The molecule has 3 N–H and O–H groups in total. The maximum absolute atomic E-state index is 13.8. The molecule has 2 unspecified atom stereocenters. The highest BCUT2D eigenvalue weighted by Crippen LogP contribution is 2.42. The molecule has 0 bridgehead atoms. The first-order chi connectivity index (χ1) is 16.8. The van der Waals surface area contributed by atoms with Gasteiger partial charge in [-0.1, -0.05) is 48.5 Å². The van der Waals surface area contributed by atoms with Gasteiger partial charge in [-0.25, -0.2) is 4.79 Å². The molecule has 2 heterocycles. The molecule has 2 aromatic carbocycles. The topological polar surface area (TPSA) is 124 Å². The number of fused-ring (bicyclic) bond motifs is 4. The molecule has 3 atom stereocenters. The average Bonchev–Trinajstić information content (AvgIpc) is 3.16. The summed E-state index contributed by atoms with van der Waals surface area (Å²) in [6.45, 7) is 0. The zero-order valence-corrected chi connectivity index (χ0v) is 19.3. The van der Waals surface area contributed by atoms with Gasteiger partial charge in [-0.2, -0.15) is 0 Å². The lowest BCUT2D eigenvalue weighted by atomic mass is 9.80. The van der Waals surface area contributed by atoms with Crippen LogP contribution in [0.25, 0.3) is 0 Å². The van der Waals surface area contributed by atoms with E-state index in [1.807, 2.05) is 48.5 Å². The van der Waals surface area contributed by atoms with E-state index in [0.717, 1.165) is 22.3 Å². The number of hydrogen-bond donors (Lipinski definition) is 3. The minimum Gasteiger partial charge on any atom is -0.481 e. The van der Waals surface area contributed by atoms with Crippen molar-refractivity contribution in [1.29, 1.82) is 0 Å². The summed E-state index contributed by atoms with van der Waals surface area (Å²) in [6.07, 6.45) is 2.15. The summed E-state index contributed by atoms with van der Waals surface area (Å²) in [6, 6.07) is 12.8. The third-order valence-electron chi connectivity index (χ3n) is 7.76. The number of rotatable bonds is 5. The Morgan fingerprint density at radius 3 is 2.20 bits per heavy atom. The molecule has 1 fully saturated rings. The molecule has 1 saturated heterocycles. The zero-order valence-electron chi connectivity index (χ0n) is 19.3. The predicted molar refractivity (Wildman–Crippen MR) is 125 cm³/mol. The van der Waals surface area contributed by atoms with Gasteiger partial charge in [-0.3, -0.25) is 14.4 Å². The van der Waals surface area contributed by atoms with Crippen molar-refractivity contribution in [3.8, 4) is 0 Å². The van der Waals surface area contributed by atoms with Crippen LogP contribution in [0.3, 0.4) is 0 Å². The summed E-state index contributed by atoms with van der Waals surface area (Å²) in [5.74, 6) is -3.03. The molecule has 1 aliphatic carbocycles. The lowest BCUT2D eigenvalue weighted by molar-refractivity contribution is -0.156. The Morgan fingerprint density at radius 2 is 1.57 bits per heavy atom. The zero-order chi connectivity index (χ0) is 24.7. The fraction of sp³-hybridized carbons (Fsp3) is 0.407. The molecule has 2 amide bonds. The van der Waals surface area contributed by atoms with E-state index in [0.29, 0.717) is 19.3 Å². The maximum atomic E-state index is 13.8. The molecular weight excluding hydrogens is 448 g/mol. The first-order valence-corrected chi connectivity index (χ1v) is 12.0. The van der Waals surface area contributed by atoms with Crippen LogP contribution in [0, 0.1) is 5.41 Å². The van der Waals surface area contributed by atoms with Gasteiger partial charge in [0.1, 0.15) is 12.1 Å². The second kappa shape index (κ2) is 8.83. The Kier molecular flexibility index (Phi) is 5.83. The number of benzene rings is 2. The van der Waals surface area contributed by atoms with E-state index in [1.54, 1.807) is 0 Å². The van der Waals surface area contributed by atoms with Gasteiger partial charge in [0.15, 0.2) is 0 Å².